The van der Waals surface area contributed by atoms with Gasteiger partial charge in [0.1, 0.15) is 5.00 Å². The van der Waals surface area contributed by atoms with Crippen LogP contribution in [0.3, 0.4) is 0 Å². The number of hydrogen-bond acceptors (Lipinski definition) is 8. The summed E-state index contributed by atoms with van der Waals surface area (Å²) in [6.45, 7) is 10.7. The molecule has 1 aliphatic heterocycles. The number of rotatable bonds is 11. The van der Waals surface area contributed by atoms with E-state index >= 15 is 0 Å². The van der Waals surface area contributed by atoms with Gasteiger partial charge in [0.05, 0.1) is 17.6 Å². The molecule has 0 unspecified atom stereocenters. The lowest BCUT2D eigenvalue weighted by Crippen LogP contribution is -2.37. The Balaban J connectivity index is 1.57. The second kappa shape index (κ2) is 14.5. The Morgan fingerprint density at radius 3 is 2.18 bits per heavy atom. The normalized spacial score (nSPS) is 13.6. The van der Waals surface area contributed by atoms with E-state index < -0.39 is 27.9 Å². The Labute approximate surface area is 263 Å². The van der Waals surface area contributed by atoms with Crippen molar-refractivity contribution in [3.63, 3.8) is 0 Å². The standard InChI is InChI=1S/C32H40N4O6S2/c1-21(2)17-36(18-22(3)4)44(40,41)25-13-11-24(12-14-25)29(37)33-31-28(30(38)34-32(39)42-5)26-15-16-35(20-27(26)43-31)19-23-9-7-6-8-10-23/h6-14,21-22H,15-20H2,1-5H3,(H,33,37)(H,34,38,39). The highest BCUT2D eigenvalue weighted by Crippen LogP contribution is 2.38. The molecule has 10 nitrogen and oxygen atoms in total. The summed E-state index contributed by atoms with van der Waals surface area (Å²) in [5.41, 5.74) is 2.43. The van der Waals surface area contributed by atoms with Crippen LogP contribution in [-0.2, 0) is 34.3 Å². The van der Waals surface area contributed by atoms with Crippen molar-refractivity contribution < 1.29 is 27.5 Å². The summed E-state index contributed by atoms with van der Waals surface area (Å²) in [5.74, 6) is -0.845. The SMILES string of the molecule is COC(=O)NC(=O)c1c(NC(=O)c2ccc(S(=O)(=O)N(CC(C)C)CC(C)C)cc2)sc2c1CCN(Cc1ccccc1)C2. The minimum atomic E-state index is -3.75. The molecule has 44 heavy (non-hydrogen) atoms. The number of nitrogens with one attached hydrogen (secondary N) is 2. The van der Waals surface area contributed by atoms with Crippen molar-refractivity contribution in [2.24, 2.45) is 11.8 Å². The van der Waals surface area contributed by atoms with Gasteiger partial charge in [-0.2, -0.15) is 4.31 Å². The molecule has 4 rings (SSSR count). The monoisotopic (exact) mass is 640 g/mol. The average molecular weight is 641 g/mol. The van der Waals surface area contributed by atoms with Crippen LogP contribution < -0.4 is 10.6 Å². The number of alkyl carbamates (subject to hydrolysis) is 1. The molecule has 12 heteroatoms. The van der Waals surface area contributed by atoms with Gasteiger partial charge >= 0.3 is 6.09 Å². The zero-order chi connectivity index (χ0) is 32.0. The lowest BCUT2D eigenvalue weighted by Gasteiger charge is -2.27. The van der Waals surface area contributed by atoms with Crippen molar-refractivity contribution in [2.45, 2.75) is 52.1 Å². The number of benzene rings is 2. The minimum Gasteiger partial charge on any atom is -0.453 e. The van der Waals surface area contributed by atoms with Gasteiger partial charge in [0, 0.05) is 43.2 Å². The molecule has 0 atom stereocenters. The van der Waals surface area contributed by atoms with E-state index in [0.717, 1.165) is 17.0 Å². The second-order valence-corrected chi connectivity index (χ2v) is 14.7. The number of amides is 3. The Morgan fingerprint density at radius 1 is 0.955 bits per heavy atom. The maximum Gasteiger partial charge on any atom is 0.413 e. The molecule has 1 aliphatic rings. The molecule has 0 aliphatic carbocycles. The highest BCUT2D eigenvalue weighted by Gasteiger charge is 2.30. The molecule has 2 heterocycles. The van der Waals surface area contributed by atoms with E-state index in [2.05, 4.69) is 32.4 Å². The van der Waals surface area contributed by atoms with Gasteiger partial charge in [0.15, 0.2) is 0 Å². The van der Waals surface area contributed by atoms with Crippen molar-refractivity contribution >= 4 is 44.3 Å². The Kier molecular flexibility index (Phi) is 11.0. The Morgan fingerprint density at radius 2 is 1.59 bits per heavy atom. The molecule has 2 aromatic carbocycles. The fourth-order valence-electron chi connectivity index (χ4n) is 5.16. The average Bonchev–Trinajstić information content (AvgIpc) is 3.33. The first-order valence-electron chi connectivity index (χ1n) is 14.6. The van der Waals surface area contributed by atoms with Crippen molar-refractivity contribution in [1.82, 2.24) is 14.5 Å². The molecular weight excluding hydrogens is 601 g/mol. The van der Waals surface area contributed by atoms with E-state index in [0.29, 0.717) is 37.6 Å². The molecule has 1 aromatic heterocycles. The van der Waals surface area contributed by atoms with E-state index in [4.69, 9.17) is 0 Å². The summed E-state index contributed by atoms with van der Waals surface area (Å²) in [6, 6.07) is 15.9. The largest absolute Gasteiger partial charge is 0.453 e. The van der Waals surface area contributed by atoms with Gasteiger partial charge in [-0.1, -0.05) is 58.0 Å². The van der Waals surface area contributed by atoms with Crippen molar-refractivity contribution in [3.8, 4) is 0 Å². The third kappa shape index (κ3) is 8.12. The fourth-order valence-corrected chi connectivity index (χ4v) is 8.20. The molecule has 3 aromatic rings. The van der Waals surface area contributed by atoms with Crippen LogP contribution in [0.4, 0.5) is 9.80 Å². The van der Waals surface area contributed by atoms with E-state index in [9.17, 15) is 22.8 Å². The summed E-state index contributed by atoms with van der Waals surface area (Å²) in [4.78, 5) is 41.7. The number of ether oxygens (including phenoxy) is 1. The van der Waals surface area contributed by atoms with Crippen molar-refractivity contribution in [1.29, 1.82) is 0 Å². The van der Waals surface area contributed by atoms with Crippen molar-refractivity contribution in [2.75, 3.05) is 32.1 Å². The molecule has 0 fully saturated rings. The molecular formula is C32H40N4O6S2. The molecule has 0 saturated carbocycles. The van der Waals surface area contributed by atoms with Crippen LogP contribution in [0.2, 0.25) is 0 Å². The summed E-state index contributed by atoms with van der Waals surface area (Å²) >= 11 is 1.30. The number of carbonyl (C=O) groups is 3. The van der Waals surface area contributed by atoms with E-state index in [-0.39, 0.29) is 27.9 Å². The summed E-state index contributed by atoms with van der Waals surface area (Å²) in [7, 11) is -2.58. The van der Waals surface area contributed by atoms with Gasteiger partial charge in [-0.25, -0.2) is 13.2 Å². The Bertz CT molecular complexity index is 1570. The van der Waals surface area contributed by atoms with Gasteiger partial charge in [0.2, 0.25) is 10.0 Å². The molecule has 0 bridgehead atoms. The molecule has 2 N–H and O–H groups in total. The lowest BCUT2D eigenvalue weighted by molar-refractivity contribution is 0.0936. The summed E-state index contributed by atoms with van der Waals surface area (Å²) in [6.07, 6.45) is -0.330. The molecule has 0 saturated heterocycles. The third-order valence-corrected chi connectivity index (χ3v) is 10.1. The minimum absolute atomic E-state index is 0.110. The van der Waals surface area contributed by atoms with Gasteiger partial charge in [0.25, 0.3) is 11.8 Å². The summed E-state index contributed by atoms with van der Waals surface area (Å²) < 4.78 is 32.9. The molecule has 0 spiro atoms. The highest BCUT2D eigenvalue weighted by molar-refractivity contribution is 7.89. The molecule has 3 amide bonds. The quantitative estimate of drug-likeness (QED) is 0.289. The zero-order valence-electron chi connectivity index (χ0n) is 25.8. The fraction of sp³-hybridized carbons (Fsp3) is 0.406. The number of imide groups is 1. The van der Waals surface area contributed by atoms with E-state index in [1.165, 1.54) is 52.6 Å². The van der Waals surface area contributed by atoms with E-state index in [1.807, 2.05) is 45.9 Å². The van der Waals surface area contributed by atoms with Crippen LogP contribution >= 0.6 is 11.3 Å². The van der Waals surface area contributed by atoms with Crippen LogP contribution in [0.15, 0.2) is 59.5 Å². The number of methoxy groups -OCH3 is 1. The van der Waals surface area contributed by atoms with Crippen LogP contribution in [0.25, 0.3) is 0 Å². The second-order valence-electron chi connectivity index (χ2n) is 11.7. The first-order valence-corrected chi connectivity index (χ1v) is 16.9. The van der Waals surface area contributed by atoms with E-state index in [1.54, 1.807) is 0 Å². The van der Waals surface area contributed by atoms with Gasteiger partial charge < -0.3 is 10.1 Å². The third-order valence-electron chi connectivity index (χ3n) is 7.13. The van der Waals surface area contributed by atoms with Crippen LogP contribution in [0.5, 0.6) is 0 Å². The number of thiophene rings is 1. The van der Waals surface area contributed by atoms with Gasteiger partial charge in [-0.05, 0) is 53.6 Å². The predicted octanol–water partition coefficient (Wildman–Crippen LogP) is 5.36. The Hall–Kier alpha value is -3.58. The maximum absolute atomic E-state index is 13.4. The predicted molar refractivity (Wildman–Crippen MR) is 171 cm³/mol. The first kappa shape index (κ1) is 33.3. The maximum atomic E-state index is 13.4. The number of anilines is 1. The van der Waals surface area contributed by atoms with Gasteiger partial charge in [-0.15, -0.1) is 11.3 Å². The lowest BCUT2D eigenvalue weighted by atomic mass is 10.0. The number of carbonyl (C=O) groups excluding carboxylic acids is 3. The highest BCUT2D eigenvalue weighted by atomic mass is 32.2. The molecule has 236 valence electrons. The topological polar surface area (TPSA) is 125 Å². The van der Waals surface area contributed by atoms with Crippen molar-refractivity contribution in [3.05, 3.63) is 81.7 Å². The van der Waals surface area contributed by atoms with Crippen LogP contribution in [0.1, 0.15) is 64.4 Å². The number of nitrogens with zero attached hydrogens (tertiary/aromatic N) is 2. The summed E-state index contributed by atoms with van der Waals surface area (Å²) in [5, 5.41) is 5.38. The number of hydrogen-bond donors (Lipinski definition) is 2. The zero-order valence-corrected chi connectivity index (χ0v) is 27.4. The molecule has 0 radical (unpaired) electrons. The number of sulfonamides is 1. The smallest absolute Gasteiger partial charge is 0.413 e. The van der Waals surface area contributed by atoms with Crippen LogP contribution in [-0.4, -0.2) is 62.3 Å². The van der Waals surface area contributed by atoms with Crippen LogP contribution in [0, 0.1) is 11.8 Å². The first-order chi connectivity index (χ1) is 20.9. The van der Waals surface area contributed by atoms with Gasteiger partial charge in [-0.3, -0.25) is 19.8 Å². The number of fused-ring (bicyclic) bond motifs is 1.